The zero-order valence-corrected chi connectivity index (χ0v) is 12.0. The van der Waals surface area contributed by atoms with Crippen LogP contribution in [-0.4, -0.2) is 59.8 Å². The maximum absolute atomic E-state index is 12.3. The highest BCUT2D eigenvalue weighted by atomic mass is 19.4. The summed E-state index contributed by atoms with van der Waals surface area (Å²) in [6.45, 7) is 5.44. The van der Waals surface area contributed by atoms with Crippen molar-refractivity contribution in [2.45, 2.75) is 45.0 Å². The molecule has 2 amide bonds. The predicted molar refractivity (Wildman–Crippen MR) is 65.0 cm³/mol. The predicted octanol–water partition coefficient (Wildman–Crippen LogP) is 2.02. The van der Waals surface area contributed by atoms with Gasteiger partial charge in [0.1, 0.15) is 5.60 Å². The molecule has 1 atom stereocenters. The molecule has 1 aliphatic heterocycles. The van der Waals surface area contributed by atoms with Gasteiger partial charge in [-0.05, 0) is 27.2 Å². The molecule has 20 heavy (non-hydrogen) atoms. The molecule has 1 unspecified atom stereocenters. The van der Waals surface area contributed by atoms with Crippen molar-refractivity contribution in [1.29, 1.82) is 0 Å². The summed E-state index contributed by atoms with van der Waals surface area (Å²) in [4.78, 5) is 24.9. The highest BCUT2D eigenvalue weighted by Gasteiger charge is 2.44. The lowest BCUT2D eigenvalue weighted by atomic mass is 10.2. The Balaban J connectivity index is 2.60. The van der Waals surface area contributed by atoms with E-state index < -0.39 is 29.8 Å². The van der Waals surface area contributed by atoms with Crippen molar-refractivity contribution in [1.82, 2.24) is 9.80 Å². The van der Waals surface area contributed by atoms with Gasteiger partial charge in [0.15, 0.2) is 0 Å². The summed E-state index contributed by atoms with van der Waals surface area (Å²) in [6.07, 6.45) is -5.17. The van der Waals surface area contributed by atoms with Gasteiger partial charge in [-0.2, -0.15) is 13.2 Å². The Morgan fingerprint density at radius 3 is 2.25 bits per heavy atom. The van der Waals surface area contributed by atoms with Crippen molar-refractivity contribution in [2.75, 3.05) is 20.1 Å². The van der Waals surface area contributed by atoms with Crippen LogP contribution in [0.2, 0.25) is 0 Å². The number of hydrogen-bond acceptors (Lipinski definition) is 3. The summed E-state index contributed by atoms with van der Waals surface area (Å²) in [5.74, 6) is -1.89. The SMILES string of the molecule is CN(C(=O)C(F)(F)F)C1CCN(C(=O)OC(C)(C)C)C1. The molecule has 0 N–H and O–H groups in total. The zero-order valence-electron chi connectivity index (χ0n) is 12.0. The van der Waals surface area contributed by atoms with Gasteiger partial charge in [-0.3, -0.25) is 4.79 Å². The third kappa shape index (κ3) is 4.28. The van der Waals surface area contributed by atoms with Crippen molar-refractivity contribution in [2.24, 2.45) is 0 Å². The Bertz CT molecular complexity index is 390. The fourth-order valence-corrected chi connectivity index (χ4v) is 1.92. The molecular formula is C12H19F3N2O3. The first kappa shape index (κ1) is 16.6. The van der Waals surface area contributed by atoms with Crippen LogP contribution in [0.15, 0.2) is 0 Å². The van der Waals surface area contributed by atoms with Crippen LogP contribution < -0.4 is 0 Å². The maximum Gasteiger partial charge on any atom is 0.471 e. The maximum atomic E-state index is 12.3. The second-order valence-corrected chi connectivity index (χ2v) is 5.78. The van der Waals surface area contributed by atoms with E-state index in [1.165, 1.54) is 4.90 Å². The second-order valence-electron chi connectivity index (χ2n) is 5.78. The lowest BCUT2D eigenvalue weighted by Gasteiger charge is -2.27. The molecule has 1 heterocycles. The number of likely N-dealkylation sites (N-methyl/N-ethyl adjacent to an activating group) is 1. The van der Waals surface area contributed by atoms with Gasteiger partial charge < -0.3 is 14.5 Å². The Hall–Kier alpha value is -1.47. The molecule has 0 spiro atoms. The third-order valence-electron chi connectivity index (χ3n) is 2.93. The van der Waals surface area contributed by atoms with Crippen LogP contribution in [-0.2, 0) is 9.53 Å². The standard InChI is InChI=1S/C12H19F3N2O3/c1-11(2,3)20-10(19)17-6-5-8(7-17)16(4)9(18)12(13,14)15/h8H,5-7H2,1-4H3. The molecule has 1 aliphatic rings. The lowest BCUT2D eigenvalue weighted by Crippen LogP contribution is -2.46. The molecule has 0 aromatic carbocycles. The molecule has 0 radical (unpaired) electrons. The van der Waals surface area contributed by atoms with E-state index in [0.29, 0.717) is 11.3 Å². The Kier molecular flexibility index (Phi) is 4.55. The van der Waals surface area contributed by atoms with Crippen molar-refractivity contribution in [3.8, 4) is 0 Å². The van der Waals surface area contributed by atoms with E-state index >= 15 is 0 Å². The fraction of sp³-hybridized carbons (Fsp3) is 0.833. The summed E-state index contributed by atoms with van der Waals surface area (Å²) in [5, 5.41) is 0. The fourth-order valence-electron chi connectivity index (χ4n) is 1.92. The molecule has 8 heteroatoms. The Labute approximate surface area is 115 Å². The van der Waals surface area contributed by atoms with Gasteiger partial charge in [0, 0.05) is 20.1 Å². The number of alkyl halides is 3. The molecule has 1 fully saturated rings. The summed E-state index contributed by atoms with van der Waals surface area (Å²) in [7, 11) is 1.10. The Morgan fingerprint density at radius 2 is 1.80 bits per heavy atom. The van der Waals surface area contributed by atoms with E-state index in [9.17, 15) is 22.8 Å². The number of hydrogen-bond donors (Lipinski definition) is 0. The van der Waals surface area contributed by atoms with E-state index in [4.69, 9.17) is 4.74 Å². The smallest absolute Gasteiger partial charge is 0.444 e. The van der Waals surface area contributed by atoms with E-state index in [1.54, 1.807) is 20.8 Å². The van der Waals surface area contributed by atoms with Crippen LogP contribution in [0.1, 0.15) is 27.2 Å². The normalized spacial score (nSPS) is 19.9. The highest BCUT2D eigenvalue weighted by Crippen LogP contribution is 2.23. The van der Waals surface area contributed by atoms with Crippen molar-refractivity contribution in [3.05, 3.63) is 0 Å². The van der Waals surface area contributed by atoms with Crippen molar-refractivity contribution < 1.29 is 27.5 Å². The monoisotopic (exact) mass is 296 g/mol. The van der Waals surface area contributed by atoms with Crippen LogP contribution in [0.25, 0.3) is 0 Å². The van der Waals surface area contributed by atoms with Gasteiger partial charge in [0.25, 0.3) is 0 Å². The summed E-state index contributed by atoms with van der Waals surface area (Å²) < 4.78 is 42.1. The van der Waals surface area contributed by atoms with Crippen molar-refractivity contribution in [3.63, 3.8) is 0 Å². The molecule has 0 aromatic heterocycles. The molecule has 0 aliphatic carbocycles. The quantitative estimate of drug-likeness (QED) is 0.744. The van der Waals surface area contributed by atoms with Crippen LogP contribution in [0.3, 0.4) is 0 Å². The number of carbonyl (C=O) groups is 2. The summed E-state index contributed by atoms with van der Waals surface area (Å²) in [5.41, 5.74) is -0.664. The number of ether oxygens (including phenoxy) is 1. The molecule has 1 rings (SSSR count). The number of carbonyl (C=O) groups excluding carboxylic acids is 2. The van der Waals surface area contributed by atoms with Gasteiger partial charge in [0.05, 0.1) is 6.04 Å². The molecular weight excluding hydrogens is 277 g/mol. The van der Waals surface area contributed by atoms with E-state index in [-0.39, 0.29) is 13.1 Å². The van der Waals surface area contributed by atoms with Gasteiger partial charge in [0.2, 0.25) is 0 Å². The number of rotatable bonds is 1. The molecule has 0 aromatic rings. The first-order valence-electron chi connectivity index (χ1n) is 6.24. The topological polar surface area (TPSA) is 49.9 Å². The van der Waals surface area contributed by atoms with Gasteiger partial charge in [-0.25, -0.2) is 4.79 Å². The number of likely N-dealkylation sites (tertiary alicyclic amines) is 1. The largest absolute Gasteiger partial charge is 0.471 e. The minimum Gasteiger partial charge on any atom is -0.444 e. The summed E-state index contributed by atoms with van der Waals surface area (Å²) >= 11 is 0. The second kappa shape index (κ2) is 5.49. The van der Waals surface area contributed by atoms with Gasteiger partial charge in [-0.1, -0.05) is 0 Å². The average Bonchev–Trinajstić information content (AvgIpc) is 2.72. The van der Waals surface area contributed by atoms with E-state index in [0.717, 1.165) is 7.05 Å². The van der Waals surface area contributed by atoms with Crippen LogP contribution in [0.4, 0.5) is 18.0 Å². The highest BCUT2D eigenvalue weighted by molar-refractivity contribution is 5.82. The number of nitrogens with zero attached hydrogens (tertiary/aromatic N) is 2. The van der Waals surface area contributed by atoms with E-state index in [2.05, 4.69) is 0 Å². The first-order chi connectivity index (χ1) is 8.92. The summed E-state index contributed by atoms with van der Waals surface area (Å²) in [6, 6.07) is -0.642. The molecule has 1 saturated heterocycles. The first-order valence-corrected chi connectivity index (χ1v) is 6.24. The van der Waals surface area contributed by atoms with Gasteiger partial charge >= 0.3 is 18.2 Å². The van der Waals surface area contributed by atoms with Crippen molar-refractivity contribution >= 4 is 12.0 Å². The average molecular weight is 296 g/mol. The van der Waals surface area contributed by atoms with Crippen LogP contribution in [0.5, 0.6) is 0 Å². The third-order valence-corrected chi connectivity index (χ3v) is 2.93. The van der Waals surface area contributed by atoms with Crippen LogP contribution in [0, 0.1) is 0 Å². The molecule has 0 bridgehead atoms. The van der Waals surface area contributed by atoms with E-state index in [1.807, 2.05) is 0 Å². The van der Waals surface area contributed by atoms with Gasteiger partial charge in [-0.15, -0.1) is 0 Å². The number of amides is 2. The molecule has 5 nitrogen and oxygen atoms in total. The lowest BCUT2D eigenvalue weighted by molar-refractivity contribution is -0.186. The number of halogens is 3. The minimum absolute atomic E-state index is 0.0488. The van der Waals surface area contributed by atoms with Crippen LogP contribution >= 0.6 is 0 Å². The molecule has 0 saturated carbocycles. The molecule has 116 valence electrons. The zero-order chi connectivity index (χ0) is 15.7. The minimum atomic E-state index is -4.89. The Morgan fingerprint density at radius 1 is 1.25 bits per heavy atom.